The van der Waals surface area contributed by atoms with Gasteiger partial charge in [-0.1, -0.05) is 53.8 Å². The Kier molecular flexibility index (Phi) is 3.87. The van der Waals surface area contributed by atoms with Gasteiger partial charge in [-0.3, -0.25) is 4.79 Å². The Morgan fingerprint density at radius 2 is 2.00 bits per heavy atom. The lowest BCUT2D eigenvalue weighted by Crippen LogP contribution is -2.36. The minimum atomic E-state index is 0.187. The van der Waals surface area contributed by atoms with Crippen LogP contribution in [-0.4, -0.2) is 29.4 Å². The molecule has 0 radical (unpaired) electrons. The highest BCUT2D eigenvalue weighted by molar-refractivity contribution is 8.00. The summed E-state index contributed by atoms with van der Waals surface area (Å²) in [5, 5.41) is 0.764. The highest BCUT2D eigenvalue weighted by Crippen LogP contribution is 2.46. The number of thiazole rings is 1. The monoisotopic (exact) mass is 377 g/mol. The molecule has 3 heterocycles. The zero-order valence-electron chi connectivity index (χ0n) is 13.9. The molecular weight excluding hydrogens is 362 g/mol. The number of benzene rings is 2. The molecule has 0 saturated heterocycles. The van der Waals surface area contributed by atoms with Crippen LogP contribution in [0.5, 0.6) is 0 Å². The standard InChI is InChI=1S/C20H15N3OS2/c24-17-12-25-16-8-4-7-14-18-15(9-10-23(17)19(14)16)26-20(22-18)21-11-13-5-2-1-3-6-13/h1-8,11H,9-10,12H2. The van der Waals surface area contributed by atoms with Gasteiger partial charge in [0.2, 0.25) is 11.0 Å². The first-order chi connectivity index (χ1) is 12.8. The number of aliphatic imine (C=N–C) groups is 1. The summed E-state index contributed by atoms with van der Waals surface area (Å²) in [7, 11) is 0. The maximum atomic E-state index is 12.4. The van der Waals surface area contributed by atoms with Crippen molar-refractivity contribution >= 4 is 46.0 Å². The third-order valence-corrected chi connectivity index (χ3v) is 6.60. The molecule has 1 amide bonds. The van der Waals surface area contributed by atoms with Gasteiger partial charge in [0.25, 0.3) is 0 Å². The van der Waals surface area contributed by atoms with Crippen molar-refractivity contribution in [3.63, 3.8) is 0 Å². The molecule has 0 N–H and O–H groups in total. The van der Waals surface area contributed by atoms with Gasteiger partial charge in [-0.05, 0) is 11.6 Å². The van der Waals surface area contributed by atoms with E-state index in [-0.39, 0.29) is 5.91 Å². The largest absolute Gasteiger partial charge is 0.310 e. The molecule has 1 aromatic heterocycles. The summed E-state index contributed by atoms with van der Waals surface area (Å²) in [4.78, 5) is 26.1. The number of hydrogen-bond acceptors (Lipinski definition) is 5. The van der Waals surface area contributed by atoms with E-state index in [0.717, 1.165) is 39.0 Å². The van der Waals surface area contributed by atoms with E-state index in [2.05, 4.69) is 23.2 Å². The van der Waals surface area contributed by atoms with Gasteiger partial charge in [-0.15, -0.1) is 11.8 Å². The normalized spacial score (nSPS) is 15.7. The molecule has 2 aromatic carbocycles. The Labute approximate surface area is 159 Å². The zero-order valence-corrected chi connectivity index (χ0v) is 15.5. The fourth-order valence-electron chi connectivity index (χ4n) is 3.34. The molecule has 0 spiro atoms. The topological polar surface area (TPSA) is 45.6 Å². The molecule has 26 heavy (non-hydrogen) atoms. The lowest BCUT2D eigenvalue weighted by atomic mass is 10.1. The van der Waals surface area contributed by atoms with Crippen molar-refractivity contribution in [2.75, 3.05) is 17.2 Å². The molecule has 0 atom stereocenters. The molecular formula is C20H15N3OS2. The van der Waals surface area contributed by atoms with Gasteiger partial charge in [0.15, 0.2) is 0 Å². The second-order valence-electron chi connectivity index (χ2n) is 6.17. The minimum absolute atomic E-state index is 0.187. The van der Waals surface area contributed by atoms with Gasteiger partial charge in [-0.25, -0.2) is 9.98 Å². The Hall–Kier alpha value is -2.44. The van der Waals surface area contributed by atoms with Crippen molar-refractivity contribution in [2.45, 2.75) is 11.3 Å². The first kappa shape index (κ1) is 15.8. The van der Waals surface area contributed by atoms with Crippen LogP contribution in [-0.2, 0) is 11.2 Å². The highest BCUT2D eigenvalue weighted by atomic mass is 32.2. The molecule has 128 valence electrons. The van der Waals surface area contributed by atoms with Gasteiger partial charge in [0.1, 0.15) is 0 Å². The molecule has 0 bridgehead atoms. The van der Waals surface area contributed by atoms with E-state index in [4.69, 9.17) is 4.98 Å². The van der Waals surface area contributed by atoms with Gasteiger partial charge in [0.05, 0.1) is 17.1 Å². The predicted octanol–water partition coefficient (Wildman–Crippen LogP) is 4.56. The lowest BCUT2D eigenvalue weighted by molar-refractivity contribution is -0.116. The van der Waals surface area contributed by atoms with Crippen LogP contribution >= 0.6 is 23.1 Å². The molecule has 5 rings (SSSR count). The van der Waals surface area contributed by atoms with E-state index in [1.165, 1.54) is 4.88 Å². The molecule has 0 unspecified atom stereocenters. The molecule has 2 aliphatic rings. The summed E-state index contributed by atoms with van der Waals surface area (Å²) in [6.07, 6.45) is 2.67. The quantitative estimate of drug-likeness (QED) is 0.615. The third kappa shape index (κ3) is 2.66. The fraction of sp³-hybridized carbons (Fsp3) is 0.150. The molecule has 0 fully saturated rings. The van der Waals surface area contributed by atoms with Crippen LogP contribution in [0.2, 0.25) is 0 Å². The number of hydrogen-bond donors (Lipinski definition) is 0. The summed E-state index contributed by atoms with van der Waals surface area (Å²) in [5.74, 6) is 0.705. The van der Waals surface area contributed by atoms with Crippen LogP contribution in [0.1, 0.15) is 10.4 Å². The second kappa shape index (κ2) is 6.37. The van der Waals surface area contributed by atoms with E-state index >= 15 is 0 Å². The van der Waals surface area contributed by atoms with E-state index in [9.17, 15) is 4.79 Å². The Morgan fingerprint density at radius 3 is 2.88 bits per heavy atom. The van der Waals surface area contributed by atoms with Crippen LogP contribution < -0.4 is 4.90 Å². The van der Waals surface area contributed by atoms with Crippen molar-refractivity contribution in [1.82, 2.24) is 4.98 Å². The first-order valence-electron chi connectivity index (χ1n) is 8.45. The summed E-state index contributed by atoms with van der Waals surface area (Å²) in [6, 6.07) is 16.2. The van der Waals surface area contributed by atoms with Crippen LogP contribution in [0.25, 0.3) is 11.3 Å². The first-order valence-corrected chi connectivity index (χ1v) is 10.3. The Bertz CT molecular complexity index is 1030. The van der Waals surface area contributed by atoms with Crippen LogP contribution in [0.3, 0.4) is 0 Å². The summed E-state index contributed by atoms with van der Waals surface area (Å²) < 4.78 is 0. The third-order valence-electron chi connectivity index (χ3n) is 4.55. The number of rotatable bonds is 2. The zero-order chi connectivity index (χ0) is 17.5. The highest BCUT2D eigenvalue weighted by Gasteiger charge is 2.31. The van der Waals surface area contributed by atoms with Crippen molar-refractivity contribution in [3.05, 3.63) is 59.0 Å². The van der Waals surface area contributed by atoms with Crippen LogP contribution in [0, 0.1) is 0 Å². The second-order valence-corrected chi connectivity index (χ2v) is 8.25. The SMILES string of the molecule is O=C1CSc2cccc3c2N1CCc1sc(N=Cc2ccccc2)nc1-3. The van der Waals surface area contributed by atoms with Gasteiger partial charge < -0.3 is 4.90 Å². The van der Waals surface area contributed by atoms with Crippen molar-refractivity contribution in [2.24, 2.45) is 4.99 Å². The fourth-order valence-corrected chi connectivity index (χ4v) is 5.22. The summed E-state index contributed by atoms with van der Waals surface area (Å²) in [5.41, 5.74) is 4.11. The molecule has 4 nitrogen and oxygen atoms in total. The Balaban J connectivity index is 1.58. The lowest BCUT2D eigenvalue weighted by Gasteiger charge is -2.29. The number of thioether (sulfide) groups is 1. The Morgan fingerprint density at radius 1 is 1.12 bits per heavy atom. The number of amides is 1. The molecule has 2 aliphatic heterocycles. The smallest absolute Gasteiger partial charge is 0.237 e. The molecule has 0 aliphatic carbocycles. The summed E-state index contributed by atoms with van der Waals surface area (Å²) in [6.45, 7) is 0.709. The molecule has 0 saturated carbocycles. The maximum absolute atomic E-state index is 12.4. The maximum Gasteiger partial charge on any atom is 0.237 e. The average molecular weight is 377 g/mol. The van der Waals surface area contributed by atoms with E-state index in [0.29, 0.717) is 12.3 Å². The van der Waals surface area contributed by atoms with Crippen LogP contribution in [0.15, 0.2) is 58.4 Å². The van der Waals surface area contributed by atoms with Crippen molar-refractivity contribution < 1.29 is 4.79 Å². The van der Waals surface area contributed by atoms with E-state index in [1.54, 1.807) is 23.1 Å². The number of para-hydroxylation sites is 1. The number of carbonyl (C=O) groups excluding carboxylic acids is 1. The number of nitrogens with zero attached hydrogens (tertiary/aromatic N) is 3. The number of fused-ring (bicyclic) bond motifs is 2. The number of aromatic nitrogens is 1. The van der Waals surface area contributed by atoms with Crippen molar-refractivity contribution in [3.8, 4) is 11.3 Å². The molecule has 3 aromatic rings. The van der Waals surface area contributed by atoms with Gasteiger partial charge in [-0.2, -0.15) is 0 Å². The minimum Gasteiger partial charge on any atom is -0.310 e. The molecule has 6 heteroatoms. The number of carbonyl (C=O) groups is 1. The van der Waals surface area contributed by atoms with E-state index in [1.807, 2.05) is 41.4 Å². The van der Waals surface area contributed by atoms with Gasteiger partial charge in [0, 0.05) is 34.5 Å². The summed E-state index contributed by atoms with van der Waals surface area (Å²) >= 11 is 3.23. The van der Waals surface area contributed by atoms with Crippen molar-refractivity contribution in [1.29, 1.82) is 0 Å². The van der Waals surface area contributed by atoms with E-state index < -0.39 is 0 Å². The van der Waals surface area contributed by atoms with Gasteiger partial charge >= 0.3 is 0 Å². The average Bonchev–Trinajstić information content (AvgIpc) is 3.02. The van der Waals surface area contributed by atoms with Crippen LogP contribution in [0.4, 0.5) is 10.8 Å². The predicted molar refractivity (Wildman–Crippen MR) is 108 cm³/mol. The number of anilines is 1.